The first-order chi connectivity index (χ1) is 8.65. The van der Waals surface area contributed by atoms with Gasteiger partial charge in [0, 0.05) is 29.2 Å². The Labute approximate surface area is 110 Å². The van der Waals surface area contributed by atoms with Crippen LogP contribution < -0.4 is 11.3 Å². The summed E-state index contributed by atoms with van der Waals surface area (Å²) in [6, 6.07) is 9.06. The molecule has 0 saturated heterocycles. The predicted octanol–water partition coefficient (Wildman–Crippen LogP) is 2.04. The fourth-order valence-electron chi connectivity index (χ4n) is 1.72. The molecule has 0 aliphatic heterocycles. The van der Waals surface area contributed by atoms with Gasteiger partial charge in [-0.05, 0) is 25.1 Å². The Morgan fingerprint density at radius 2 is 2.00 bits per heavy atom. The monoisotopic (exact) mass is 263 g/mol. The molecule has 0 atom stereocenters. The number of hydrogen-bond acceptors (Lipinski definition) is 3. The molecule has 1 aromatic carbocycles. The van der Waals surface area contributed by atoms with Crippen molar-refractivity contribution in [1.29, 1.82) is 0 Å². The molecule has 0 unspecified atom stereocenters. The molecule has 0 amide bonds. The van der Waals surface area contributed by atoms with Crippen molar-refractivity contribution in [3.8, 4) is 11.3 Å². The molecule has 5 heteroatoms. The van der Waals surface area contributed by atoms with Crippen molar-refractivity contribution < 1.29 is 0 Å². The van der Waals surface area contributed by atoms with Gasteiger partial charge in [-0.3, -0.25) is 4.79 Å². The number of nitrogens with two attached hydrogens (primary N) is 1. The van der Waals surface area contributed by atoms with Gasteiger partial charge in [-0.2, -0.15) is 5.10 Å². The quantitative estimate of drug-likeness (QED) is 0.922. The number of nitrogens with zero attached hydrogens (tertiary/aromatic N) is 2. The van der Waals surface area contributed by atoms with Gasteiger partial charge in [-0.25, -0.2) is 4.68 Å². The zero-order chi connectivity index (χ0) is 13.1. The van der Waals surface area contributed by atoms with E-state index < -0.39 is 0 Å². The minimum Gasteiger partial charge on any atom is -0.326 e. The van der Waals surface area contributed by atoms with Crippen LogP contribution in [0.3, 0.4) is 0 Å². The summed E-state index contributed by atoms with van der Waals surface area (Å²) >= 11 is 5.85. The molecule has 2 aromatic rings. The van der Waals surface area contributed by atoms with Crippen molar-refractivity contribution in [2.75, 3.05) is 0 Å². The summed E-state index contributed by atoms with van der Waals surface area (Å²) in [6.07, 6.45) is 0. The van der Waals surface area contributed by atoms with Crippen molar-refractivity contribution >= 4 is 11.6 Å². The molecule has 0 fully saturated rings. The lowest BCUT2D eigenvalue weighted by molar-refractivity contribution is 0.610. The first-order valence-corrected chi connectivity index (χ1v) is 6.10. The van der Waals surface area contributed by atoms with E-state index in [-0.39, 0.29) is 12.1 Å². The van der Waals surface area contributed by atoms with Crippen LogP contribution in [-0.2, 0) is 13.1 Å². The lowest BCUT2D eigenvalue weighted by atomic mass is 10.1. The Morgan fingerprint density at radius 1 is 1.33 bits per heavy atom. The summed E-state index contributed by atoms with van der Waals surface area (Å²) < 4.78 is 1.42. The van der Waals surface area contributed by atoms with Crippen LogP contribution in [0.15, 0.2) is 35.1 Å². The number of benzene rings is 1. The number of aromatic nitrogens is 2. The molecule has 4 nitrogen and oxygen atoms in total. The number of aryl methyl sites for hydroxylation is 1. The van der Waals surface area contributed by atoms with Crippen LogP contribution in [-0.4, -0.2) is 9.78 Å². The second kappa shape index (κ2) is 5.33. The highest BCUT2D eigenvalue weighted by molar-refractivity contribution is 6.30. The number of hydrogen-bond donors (Lipinski definition) is 1. The van der Waals surface area contributed by atoms with E-state index in [4.69, 9.17) is 17.3 Å². The molecule has 18 heavy (non-hydrogen) atoms. The van der Waals surface area contributed by atoms with E-state index in [0.717, 1.165) is 11.3 Å². The van der Waals surface area contributed by atoms with Crippen LogP contribution in [0.1, 0.15) is 12.5 Å². The predicted molar refractivity (Wildman–Crippen MR) is 72.5 cm³/mol. The maximum Gasteiger partial charge on any atom is 0.271 e. The summed E-state index contributed by atoms with van der Waals surface area (Å²) in [6.45, 7) is 2.61. The molecule has 94 valence electrons. The van der Waals surface area contributed by atoms with E-state index >= 15 is 0 Å². The minimum atomic E-state index is -0.127. The normalized spacial score (nSPS) is 10.6. The minimum absolute atomic E-state index is 0.127. The molecule has 1 heterocycles. The van der Waals surface area contributed by atoms with Crippen LogP contribution in [0.25, 0.3) is 11.3 Å². The fourth-order valence-corrected chi connectivity index (χ4v) is 1.85. The average Bonchev–Trinajstić information content (AvgIpc) is 2.40. The van der Waals surface area contributed by atoms with Gasteiger partial charge in [0.25, 0.3) is 5.56 Å². The molecule has 0 spiro atoms. The summed E-state index contributed by atoms with van der Waals surface area (Å²) in [5.41, 5.74) is 7.67. The molecule has 0 aliphatic carbocycles. The Hall–Kier alpha value is -1.65. The number of rotatable bonds is 3. The molecule has 0 saturated carbocycles. The molecule has 0 radical (unpaired) electrons. The van der Waals surface area contributed by atoms with Gasteiger partial charge in [0.05, 0.1) is 5.69 Å². The molecular formula is C13H14ClN3O. The Balaban J connectivity index is 2.57. The van der Waals surface area contributed by atoms with Gasteiger partial charge in [-0.15, -0.1) is 0 Å². The maximum atomic E-state index is 11.9. The second-order valence-corrected chi connectivity index (χ2v) is 4.32. The van der Waals surface area contributed by atoms with E-state index in [9.17, 15) is 4.79 Å². The standard InChI is InChI=1S/C13H14ClN3O/c1-2-17-13(18)10(8-15)7-12(16-17)9-3-5-11(14)6-4-9/h3-7H,2,8,15H2,1H3. The van der Waals surface area contributed by atoms with Crippen LogP contribution in [0.2, 0.25) is 5.02 Å². The highest BCUT2D eigenvalue weighted by Crippen LogP contribution is 2.19. The third-order valence-corrected chi connectivity index (χ3v) is 2.96. The Bertz CT molecular complexity index is 576. The van der Waals surface area contributed by atoms with Crippen LogP contribution in [0.4, 0.5) is 0 Å². The van der Waals surface area contributed by atoms with Crippen molar-refractivity contribution in [2.45, 2.75) is 20.0 Å². The molecule has 0 aliphatic rings. The summed E-state index contributed by atoms with van der Waals surface area (Å²) in [5, 5.41) is 4.97. The third-order valence-electron chi connectivity index (χ3n) is 2.71. The van der Waals surface area contributed by atoms with Gasteiger partial charge in [-0.1, -0.05) is 23.7 Å². The van der Waals surface area contributed by atoms with Crippen LogP contribution >= 0.6 is 11.6 Å². The Morgan fingerprint density at radius 3 is 2.56 bits per heavy atom. The van der Waals surface area contributed by atoms with E-state index in [0.29, 0.717) is 17.1 Å². The van der Waals surface area contributed by atoms with Gasteiger partial charge in [0.2, 0.25) is 0 Å². The van der Waals surface area contributed by atoms with Crippen molar-refractivity contribution in [3.05, 3.63) is 51.3 Å². The lowest BCUT2D eigenvalue weighted by Gasteiger charge is -2.08. The van der Waals surface area contributed by atoms with Crippen molar-refractivity contribution in [2.24, 2.45) is 5.73 Å². The first-order valence-electron chi connectivity index (χ1n) is 5.72. The van der Waals surface area contributed by atoms with Crippen LogP contribution in [0, 0.1) is 0 Å². The van der Waals surface area contributed by atoms with E-state index in [1.807, 2.05) is 19.1 Å². The third kappa shape index (κ3) is 2.44. The summed E-state index contributed by atoms with van der Waals surface area (Å²) in [5.74, 6) is 0. The molecule has 2 rings (SSSR count). The second-order valence-electron chi connectivity index (χ2n) is 3.89. The topological polar surface area (TPSA) is 60.9 Å². The largest absolute Gasteiger partial charge is 0.326 e. The molecule has 2 N–H and O–H groups in total. The molecule has 1 aromatic heterocycles. The van der Waals surface area contributed by atoms with E-state index in [1.165, 1.54) is 4.68 Å². The zero-order valence-corrected chi connectivity index (χ0v) is 10.8. The number of halogens is 1. The zero-order valence-electron chi connectivity index (χ0n) is 10.1. The van der Waals surface area contributed by atoms with Crippen molar-refractivity contribution in [3.63, 3.8) is 0 Å². The summed E-state index contributed by atoms with van der Waals surface area (Å²) in [4.78, 5) is 11.9. The highest BCUT2D eigenvalue weighted by atomic mass is 35.5. The molecular weight excluding hydrogens is 250 g/mol. The SMILES string of the molecule is CCn1nc(-c2ccc(Cl)cc2)cc(CN)c1=O. The average molecular weight is 264 g/mol. The van der Waals surface area contributed by atoms with Gasteiger partial charge < -0.3 is 5.73 Å². The lowest BCUT2D eigenvalue weighted by Crippen LogP contribution is -2.27. The summed E-state index contributed by atoms with van der Waals surface area (Å²) in [7, 11) is 0. The Kier molecular flexibility index (Phi) is 3.79. The van der Waals surface area contributed by atoms with E-state index in [2.05, 4.69) is 5.10 Å². The van der Waals surface area contributed by atoms with Gasteiger partial charge >= 0.3 is 0 Å². The van der Waals surface area contributed by atoms with Gasteiger partial charge in [0.15, 0.2) is 0 Å². The smallest absolute Gasteiger partial charge is 0.271 e. The van der Waals surface area contributed by atoms with Gasteiger partial charge in [0.1, 0.15) is 0 Å². The van der Waals surface area contributed by atoms with Crippen LogP contribution in [0.5, 0.6) is 0 Å². The fraction of sp³-hybridized carbons (Fsp3) is 0.231. The first kappa shape index (κ1) is 12.8. The highest BCUT2D eigenvalue weighted by Gasteiger charge is 2.07. The van der Waals surface area contributed by atoms with Crippen molar-refractivity contribution in [1.82, 2.24) is 9.78 Å². The maximum absolute atomic E-state index is 11.9. The van der Waals surface area contributed by atoms with E-state index in [1.54, 1.807) is 18.2 Å². The molecule has 0 bridgehead atoms.